The standard InChI is InChI=1S/C25H32N2O3/c28-25(27-16-13-22(14-17-27)30-23-15-18-29-19-23)26-24(21-9-5-2-6-10-21)12-11-20-7-3-1-4-8-20/h1-10,22-24H,11-19H2,(H,26,28). The summed E-state index contributed by atoms with van der Waals surface area (Å²) in [5.74, 6) is 0. The molecule has 0 radical (unpaired) electrons. The first-order valence-corrected chi connectivity index (χ1v) is 11.2. The summed E-state index contributed by atoms with van der Waals surface area (Å²) in [5, 5.41) is 3.29. The molecule has 2 atom stereocenters. The maximum absolute atomic E-state index is 13.0. The summed E-state index contributed by atoms with van der Waals surface area (Å²) in [4.78, 5) is 14.9. The van der Waals surface area contributed by atoms with Gasteiger partial charge in [0.2, 0.25) is 0 Å². The maximum Gasteiger partial charge on any atom is 0.317 e. The molecule has 2 aliphatic heterocycles. The van der Waals surface area contributed by atoms with Crippen LogP contribution in [0.25, 0.3) is 0 Å². The summed E-state index contributed by atoms with van der Waals surface area (Å²) in [6.07, 6.45) is 5.05. The summed E-state index contributed by atoms with van der Waals surface area (Å²) >= 11 is 0. The molecule has 4 rings (SSSR count). The number of carbonyl (C=O) groups excluding carboxylic acids is 1. The fourth-order valence-electron chi connectivity index (χ4n) is 4.29. The summed E-state index contributed by atoms with van der Waals surface area (Å²) < 4.78 is 11.5. The number of piperidine rings is 1. The zero-order valence-electron chi connectivity index (χ0n) is 17.5. The topological polar surface area (TPSA) is 50.8 Å². The van der Waals surface area contributed by atoms with Crippen molar-refractivity contribution in [3.05, 3.63) is 71.8 Å². The van der Waals surface area contributed by atoms with Crippen molar-refractivity contribution in [3.8, 4) is 0 Å². The van der Waals surface area contributed by atoms with Crippen molar-refractivity contribution >= 4 is 6.03 Å². The van der Waals surface area contributed by atoms with Crippen LogP contribution < -0.4 is 5.32 Å². The molecule has 5 heteroatoms. The van der Waals surface area contributed by atoms with Gasteiger partial charge in [-0.15, -0.1) is 0 Å². The first-order valence-electron chi connectivity index (χ1n) is 11.2. The van der Waals surface area contributed by atoms with Crippen LogP contribution in [0, 0.1) is 0 Å². The van der Waals surface area contributed by atoms with Gasteiger partial charge in [0.15, 0.2) is 0 Å². The molecule has 1 N–H and O–H groups in total. The highest BCUT2D eigenvalue weighted by Crippen LogP contribution is 2.22. The molecule has 0 spiro atoms. The second-order valence-electron chi connectivity index (χ2n) is 8.25. The minimum absolute atomic E-state index is 0.00326. The van der Waals surface area contributed by atoms with Gasteiger partial charge in [-0.25, -0.2) is 4.79 Å². The van der Waals surface area contributed by atoms with Gasteiger partial charge < -0.3 is 19.7 Å². The third kappa shape index (κ3) is 5.83. The van der Waals surface area contributed by atoms with E-state index < -0.39 is 0 Å². The quantitative estimate of drug-likeness (QED) is 0.741. The van der Waals surface area contributed by atoms with Gasteiger partial charge >= 0.3 is 6.03 Å². The number of urea groups is 1. The monoisotopic (exact) mass is 408 g/mol. The van der Waals surface area contributed by atoms with Gasteiger partial charge in [-0.2, -0.15) is 0 Å². The number of hydrogen-bond acceptors (Lipinski definition) is 3. The van der Waals surface area contributed by atoms with E-state index in [0.717, 1.165) is 57.4 Å². The van der Waals surface area contributed by atoms with Crippen molar-refractivity contribution in [3.63, 3.8) is 0 Å². The second kappa shape index (κ2) is 10.6. The Hall–Kier alpha value is -2.37. The number of nitrogens with one attached hydrogen (secondary N) is 1. The van der Waals surface area contributed by atoms with Crippen LogP contribution >= 0.6 is 0 Å². The van der Waals surface area contributed by atoms with Gasteiger partial charge in [0, 0.05) is 19.7 Å². The Bertz CT molecular complexity index is 769. The van der Waals surface area contributed by atoms with Crippen molar-refractivity contribution < 1.29 is 14.3 Å². The molecule has 160 valence electrons. The van der Waals surface area contributed by atoms with Gasteiger partial charge in [0.1, 0.15) is 0 Å². The summed E-state index contributed by atoms with van der Waals surface area (Å²) in [7, 11) is 0. The predicted molar refractivity (Wildman–Crippen MR) is 117 cm³/mol. The lowest BCUT2D eigenvalue weighted by Gasteiger charge is -2.34. The largest absolute Gasteiger partial charge is 0.379 e. The number of benzene rings is 2. The number of rotatable bonds is 7. The lowest BCUT2D eigenvalue weighted by atomic mass is 9.99. The van der Waals surface area contributed by atoms with Crippen LogP contribution in [0.3, 0.4) is 0 Å². The summed E-state index contributed by atoms with van der Waals surface area (Å²) in [6.45, 7) is 2.99. The van der Waals surface area contributed by atoms with E-state index in [0.29, 0.717) is 6.61 Å². The third-order valence-corrected chi connectivity index (χ3v) is 6.07. The van der Waals surface area contributed by atoms with Crippen LogP contribution in [0.1, 0.15) is 42.9 Å². The number of likely N-dealkylation sites (tertiary alicyclic amines) is 1. The van der Waals surface area contributed by atoms with Crippen LogP contribution in [0.15, 0.2) is 60.7 Å². The van der Waals surface area contributed by atoms with Crippen LogP contribution in [0.2, 0.25) is 0 Å². The van der Waals surface area contributed by atoms with Crippen molar-refractivity contribution in [2.45, 2.75) is 50.4 Å². The van der Waals surface area contributed by atoms with Crippen LogP contribution in [-0.2, 0) is 15.9 Å². The number of hydrogen-bond donors (Lipinski definition) is 1. The summed E-state index contributed by atoms with van der Waals surface area (Å²) in [5.41, 5.74) is 2.45. The molecule has 2 unspecified atom stereocenters. The van der Waals surface area contributed by atoms with E-state index in [1.807, 2.05) is 29.2 Å². The molecule has 2 aromatic carbocycles. The van der Waals surface area contributed by atoms with E-state index in [1.54, 1.807) is 0 Å². The molecule has 2 saturated heterocycles. The van der Waals surface area contributed by atoms with Crippen molar-refractivity contribution in [2.24, 2.45) is 0 Å². The lowest BCUT2D eigenvalue weighted by molar-refractivity contribution is -0.0393. The Labute approximate surface area is 179 Å². The van der Waals surface area contributed by atoms with Crippen LogP contribution in [0.4, 0.5) is 4.79 Å². The minimum atomic E-state index is 0.00326. The average molecular weight is 409 g/mol. The van der Waals surface area contributed by atoms with Gasteiger partial charge in [-0.05, 0) is 43.2 Å². The van der Waals surface area contributed by atoms with Crippen LogP contribution in [-0.4, -0.2) is 49.4 Å². The maximum atomic E-state index is 13.0. The second-order valence-corrected chi connectivity index (χ2v) is 8.25. The molecule has 0 aromatic heterocycles. The average Bonchev–Trinajstić information content (AvgIpc) is 3.31. The van der Waals surface area contributed by atoms with Crippen molar-refractivity contribution in [2.75, 3.05) is 26.3 Å². The highest BCUT2D eigenvalue weighted by atomic mass is 16.5. The van der Waals surface area contributed by atoms with Crippen molar-refractivity contribution in [1.29, 1.82) is 0 Å². The molecule has 2 amide bonds. The van der Waals surface area contributed by atoms with E-state index in [1.165, 1.54) is 5.56 Å². The number of amides is 2. The van der Waals surface area contributed by atoms with Gasteiger partial charge in [-0.1, -0.05) is 60.7 Å². The van der Waals surface area contributed by atoms with Gasteiger partial charge in [-0.3, -0.25) is 0 Å². The van der Waals surface area contributed by atoms with Gasteiger partial charge in [0.05, 0.1) is 24.9 Å². The zero-order chi connectivity index (χ0) is 20.6. The normalized spacial score (nSPS) is 20.8. The SMILES string of the molecule is O=C(NC(CCc1ccccc1)c1ccccc1)N1CCC(OC2CCOC2)CC1. The molecule has 2 aromatic rings. The minimum Gasteiger partial charge on any atom is -0.379 e. The van der Waals surface area contributed by atoms with E-state index >= 15 is 0 Å². The van der Waals surface area contributed by atoms with Crippen molar-refractivity contribution in [1.82, 2.24) is 10.2 Å². The van der Waals surface area contributed by atoms with Crippen LogP contribution in [0.5, 0.6) is 0 Å². The molecule has 0 bridgehead atoms. The molecular weight excluding hydrogens is 376 g/mol. The Morgan fingerprint density at radius 1 is 1.00 bits per heavy atom. The molecule has 0 aliphatic carbocycles. The highest BCUT2D eigenvalue weighted by Gasteiger charge is 2.28. The summed E-state index contributed by atoms with van der Waals surface area (Å²) in [6, 6.07) is 20.8. The Morgan fingerprint density at radius 2 is 1.70 bits per heavy atom. The number of aryl methyl sites for hydroxylation is 1. The Kier molecular flexibility index (Phi) is 7.38. The number of carbonyl (C=O) groups is 1. The van der Waals surface area contributed by atoms with Gasteiger partial charge in [0.25, 0.3) is 0 Å². The van der Waals surface area contributed by atoms with E-state index in [9.17, 15) is 4.79 Å². The third-order valence-electron chi connectivity index (χ3n) is 6.07. The molecular formula is C25H32N2O3. The Balaban J connectivity index is 1.31. The fourth-order valence-corrected chi connectivity index (χ4v) is 4.29. The molecule has 2 fully saturated rings. The molecule has 30 heavy (non-hydrogen) atoms. The highest BCUT2D eigenvalue weighted by molar-refractivity contribution is 5.74. The zero-order valence-corrected chi connectivity index (χ0v) is 17.5. The number of ether oxygens (including phenoxy) is 2. The van der Waals surface area contributed by atoms with E-state index in [-0.39, 0.29) is 24.3 Å². The smallest absolute Gasteiger partial charge is 0.317 e. The van der Waals surface area contributed by atoms with E-state index in [4.69, 9.17) is 9.47 Å². The first-order chi connectivity index (χ1) is 14.8. The first kappa shape index (κ1) is 20.9. The number of nitrogens with zero attached hydrogens (tertiary/aromatic N) is 1. The molecule has 2 aliphatic rings. The molecule has 0 saturated carbocycles. The fraction of sp³-hybridized carbons (Fsp3) is 0.480. The molecule has 5 nitrogen and oxygen atoms in total. The van der Waals surface area contributed by atoms with E-state index in [2.05, 4.69) is 41.7 Å². The molecule has 2 heterocycles. The Morgan fingerprint density at radius 3 is 2.37 bits per heavy atom. The lowest BCUT2D eigenvalue weighted by Crippen LogP contribution is -2.47. The predicted octanol–water partition coefficient (Wildman–Crippen LogP) is 4.34.